The zero-order chi connectivity index (χ0) is 25.0. The molecule has 8 nitrogen and oxygen atoms in total. The van der Waals surface area contributed by atoms with Crippen LogP contribution < -0.4 is 4.90 Å². The van der Waals surface area contributed by atoms with E-state index in [-0.39, 0.29) is 5.91 Å². The summed E-state index contributed by atoms with van der Waals surface area (Å²) in [6, 6.07) is 7.85. The van der Waals surface area contributed by atoms with E-state index in [1.54, 1.807) is 0 Å². The minimum atomic E-state index is -5.08. The van der Waals surface area contributed by atoms with Crippen molar-refractivity contribution in [2.75, 3.05) is 38.6 Å². The van der Waals surface area contributed by atoms with Gasteiger partial charge in [-0.3, -0.25) is 14.4 Å². The molecule has 4 rings (SSSR count). The van der Waals surface area contributed by atoms with Crippen molar-refractivity contribution >= 4 is 17.6 Å². The maximum absolute atomic E-state index is 13.0. The fourth-order valence-electron chi connectivity index (χ4n) is 4.19. The first-order chi connectivity index (χ1) is 16.0. The Balaban J connectivity index is 0.000000406. The third-order valence-corrected chi connectivity index (χ3v) is 6.06. The van der Waals surface area contributed by atoms with E-state index in [9.17, 15) is 18.0 Å². The second-order valence-corrected chi connectivity index (χ2v) is 8.70. The molecule has 1 aromatic carbocycles. The zero-order valence-corrected chi connectivity index (χ0v) is 19.6. The first kappa shape index (κ1) is 25.5. The summed E-state index contributed by atoms with van der Waals surface area (Å²) in [6.07, 6.45) is -1.60. The maximum atomic E-state index is 13.0. The van der Waals surface area contributed by atoms with Crippen LogP contribution in [0.2, 0.25) is 0 Å². The fourth-order valence-corrected chi connectivity index (χ4v) is 4.19. The van der Waals surface area contributed by atoms with Gasteiger partial charge in [0.25, 0.3) is 5.91 Å². The molecule has 0 saturated carbocycles. The Morgan fingerprint density at radius 1 is 1.09 bits per heavy atom. The molecule has 2 aliphatic rings. The van der Waals surface area contributed by atoms with Gasteiger partial charge in [-0.05, 0) is 56.6 Å². The van der Waals surface area contributed by atoms with Crippen molar-refractivity contribution in [1.29, 1.82) is 0 Å². The number of aliphatic carboxylic acids is 1. The quantitative estimate of drug-likeness (QED) is 0.723. The van der Waals surface area contributed by atoms with E-state index < -0.39 is 12.1 Å². The van der Waals surface area contributed by atoms with Gasteiger partial charge in [-0.25, -0.2) is 4.79 Å². The number of carbonyl (C=O) groups excluding carboxylic acids is 1. The van der Waals surface area contributed by atoms with Gasteiger partial charge in [0.15, 0.2) is 0 Å². The van der Waals surface area contributed by atoms with Gasteiger partial charge < -0.3 is 14.9 Å². The van der Waals surface area contributed by atoms with Gasteiger partial charge in [0, 0.05) is 51.0 Å². The highest BCUT2D eigenvalue weighted by atomic mass is 19.4. The summed E-state index contributed by atoms with van der Waals surface area (Å²) in [6.45, 7) is 4.72. The molecule has 11 heteroatoms. The summed E-state index contributed by atoms with van der Waals surface area (Å²) in [5, 5.41) is 11.9. The van der Waals surface area contributed by atoms with Crippen LogP contribution in [0, 0.1) is 0 Å². The average molecular weight is 482 g/mol. The Bertz CT molecular complexity index is 1010. The first-order valence-corrected chi connectivity index (χ1v) is 11.1. The zero-order valence-electron chi connectivity index (χ0n) is 19.6. The first-order valence-electron chi connectivity index (χ1n) is 11.1. The molecule has 0 aliphatic carbocycles. The lowest BCUT2D eigenvalue weighted by molar-refractivity contribution is -0.192. The van der Waals surface area contributed by atoms with Crippen molar-refractivity contribution in [1.82, 2.24) is 19.6 Å². The lowest BCUT2D eigenvalue weighted by Gasteiger charge is -2.28. The molecule has 186 valence electrons. The van der Waals surface area contributed by atoms with E-state index in [1.807, 2.05) is 59.9 Å². The van der Waals surface area contributed by atoms with E-state index in [4.69, 9.17) is 15.0 Å². The molecule has 1 aromatic heterocycles. The minimum absolute atomic E-state index is 0.105. The molecule has 1 N–H and O–H groups in total. The summed E-state index contributed by atoms with van der Waals surface area (Å²) in [5.41, 5.74) is 5.61. The number of amides is 1. The Kier molecular flexibility index (Phi) is 7.86. The van der Waals surface area contributed by atoms with Crippen LogP contribution in [0.25, 0.3) is 0 Å². The van der Waals surface area contributed by atoms with Gasteiger partial charge in [-0.1, -0.05) is 0 Å². The maximum Gasteiger partial charge on any atom is 0.490 e. The molecule has 1 fully saturated rings. The lowest BCUT2D eigenvalue weighted by atomic mass is 10.0. The fraction of sp³-hybridized carbons (Fsp3) is 0.522. The molecule has 0 atom stereocenters. The standard InChI is InChI=1S/C21H29N5O.C2HF3O2/c1-23(2)17-8-6-16(7-9-17)21(27)26-13-10-18-19(14-25-11-4-5-12-25)22-24(3)20(18)15-26;3-2(4,5)1(6)7/h6-9H,4-5,10-15H2,1-3H3;(H,6,7). The number of alkyl halides is 3. The molecule has 1 amide bonds. The number of carbonyl (C=O) groups is 2. The second-order valence-electron chi connectivity index (χ2n) is 8.70. The topological polar surface area (TPSA) is 81.9 Å². The number of likely N-dealkylation sites (tertiary alicyclic amines) is 1. The highest BCUT2D eigenvalue weighted by Crippen LogP contribution is 2.25. The van der Waals surface area contributed by atoms with E-state index in [0.717, 1.165) is 30.8 Å². The summed E-state index contributed by atoms with van der Waals surface area (Å²) in [7, 11) is 6.02. The number of anilines is 1. The van der Waals surface area contributed by atoms with Crippen molar-refractivity contribution in [2.45, 2.75) is 38.5 Å². The van der Waals surface area contributed by atoms with Crippen LogP contribution in [0.15, 0.2) is 24.3 Å². The van der Waals surface area contributed by atoms with Crippen LogP contribution in [-0.4, -0.2) is 76.5 Å². The molecule has 3 heterocycles. The number of hydrogen-bond donors (Lipinski definition) is 1. The molecule has 0 unspecified atom stereocenters. The predicted octanol–water partition coefficient (Wildman–Crippen LogP) is 2.91. The Hall–Kier alpha value is -3.08. The number of carboxylic acids is 1. The number of hydrogen-bond acceptors (Lipinski definition) is 5. The van der Waals surface area contributed by atoms with Gasteiger partial charge in [0.1, 0.15) is 0 Å². The SMILES string of the molecule is CN(C)c1ccc(C(=O)N2CCc3c(CN4CCCC4)nn(C)c3C2)cc1.O=C(O)C(F)(F)F. The number of rotatable bonds is 4. The number of carboxylic acid groups (broad SMARTS) is 1. The molecule has 2 aliphatic heterocycles. The number of aryl methyl sites for hydroxylation is 1. The number of nitrogens with zero attached hydrogens (tertiary/aromatic N) is 5. The molecule has 34 heavy (non-hydrogen) atoms. The smallest absolute Gasteiger partial charge is 0.475 e. The lowest BCUT2D eigenvalue weighted by Crippen LogP contribution is -2.36. The van der Waals surface area contributed by atoms with Crippen LogP contribution in [0.4, 0.5) is 18.9 Å². The summed E-state index contributed by atoms with van der Waals surface area (Å²) in [4.78, 5) is 28.3. The Morgan fingerprint density at radius 3 is 2.21 bits per heavy atom. The Labute approximate surface area is 196 Å². The van der Waals surface area contributed by atoms with Gasteiger partial charge >= 0.3 is 12.1 Å². The molecule has 0 bridgehead atoms. The monoisotopic (exact) mass is 481 g/mol. The van der Waals surface area contributed by atoms with Gasteiger partial charge in [0.2, 0.25) is 0 Å². The highest BCUT2D eigenvalue weighted by Gasteiger charge is 2.38. The number of benzene rings is 1. The van der Waals surface area contributed by atoms with E-state index in [0.29, 0.717) is 6.54 Å². The number of halogens is 3. The van der Waals surface area contributed by atoms with Crippen molar-refractivity contribution < 1.29 is 27.9 Å². The van der Waals surface area contributed by atoms with Crippen molar-refractivity contribution in [3.63, 3.8) is 0 Å². The number of fused-ring (bicyclic) bond motifs is 1. The van der Waals surface area contributed by atoms with E-state index in [2.05, 4.69) is 4.90 Å². The van der Waals surface area contributed by atoms with Crippen molar-refractivity contribution in [2.24, 2.45) is 7.05 Å². The highest BCUT2D eigenvalue weighted by molar-refractivity contribution is 5.94. The third-order valence-electron chi connectivity index (χ3n) is 6.06. The normalized spacial score (nSPS) is 16.0. The van der Waals surface area contributed by atoms with Crippen LogP contribution in [0.5, 0.6) is 0 Å². The van der Waals surface area contributed by atoms with Gasteiger partial charge in [-0.2, -0.15) is 18.3 Å². The molecular formula is C23H30F3N5O3. The summed E-state index contributed by atoms with van der Waals surface area (Å²) < 4.78 is 33.7. The molecular weight excluding hydrogens is 451 g/mol. The predicted molar refractivity (Wildman–Crippen MR) is 121 cm³/mol. The summed E-state index contributed by atoms with van der Waals surface area (Å²) >= 11 is 0. The van der Waals surface area contributed by atoms with Crippen LogP contribution in [0.3, 0.4) is 0 Å². The largest absolute Gasteiger partial charge is 0.490 e. The van der Waals surface area contributed by atoms with E-state index in [1.165, 1.54) is 42.9 Å². The second kappa shape index (κ2) is 10.5. The third kappa shape index (κ3) is 6.07. The molecule has 0 radical (unpaired) electrons. The van der Waals surface area contributed by atoms with Gasteiger partial charge in [-0.15, -0.1) is 0 Å². The summed E-state index contributed by atoms with van der Waals surface area (Å²) in [5.74, 6) is -2.65. The van der Waals surface area contributed by atoms with Gasteiger partial charge in [0.05, 0.1) is 17.9 Å². The Morgan fingerprint density at radius 2 is 1.68 bits per heavy atom. The number of aromatic nitrogens is 2. The van der Waals surface area contributed by atoms with E-state index >= 15 is 0 Å². The van der Waals surface area contributed by atoms with Crippen LogP contribution in [0.1, 0.15) is 40.2 Å². The van der Waals surface area contributed by atoms with Crippen LogP contribution >= 0.6 is 0 Å². The average Bonchev–Trinajstić information content (AvgIpc) is 3.41. The van der Waals surface area contributed by atoms with Crippen LogP contribution in [-0.2, 0) is 31.4 Å². The molecule has 0 spiro atoms. The molecule has 1 saturated heterocycles. The molecule has 2 aromatic rings. The van der Waals surface area contributed by atoms with Crippen molar-refractivity contribution in [3.8, 4) is 0 Å². The minimum Gasteiger partial charge on any atom is -0.475 e. The van der Waals surface area contributed by atoms with Crippen molar-refractivity contribution in [3.05, 3.63) is 46.8 Å².